The number of piperidine rings is 1. The van der Waals surface area contributed by atoms with Crippen molar-refractivity contribution in [3.63, 3.8) is 0 Å². The van der Waals surface area contributed by atoms with E-state index in [1.54, 1.807) is 0 Å². The Bertz CT molecular complexity index is 599. The van der Waals surface area contributed by atoms with Crippen LogP contribution in [0.4, 0.5) is 0 Å². The van der Waals surface area contributed by atoms with Crippen molar-refractivity contribution in [1.29, 1.82) is 0 Å². The van der Waals surface area contributed by atoms with E-state index in [1.807, 2.05) is 18.2 Å². The summed E-state index contributed by atoms with van der Waals surface area (Å²) in [7, 11) is 2.21. The monoisotopic (exact) mass is 314 g/mol. The lowest BCUT2D eigenvalue weighted by Gasteiger charge is -2.37. The predicted molar refractivity (Wildman–Crippen MR) is 93.4 cm³/mol. The molecule has 0 radical (unpaired) electrons. The summed E-state index contributed by atoms with van der Waals surface area (Å²) in [6, 6.07) is 19.4. The van der Waals surface area contributed by atoms with Gasteiger partial charge in [-0.25, -0.2) is 0 Å². The van der Waals surface area contributed by atoms with Crippen LogP contribution in [0.15, 0.2) is 54.6 Å². The van der Waals surface area contributed by atoms with Crippen molar-refractivity contribution in [1.82, 2.24) is 10.2 Å². The van der Waals surface area contributed by atoms with Gasteiger partial charge in [0.25, 0.3) is 0 Å². The molecule has 116 valence electrons. The SMILES string of the molecule is CN1CC[C@@H](NCc2ccccc2Cl)[C@H](c2ccccc2)C1. The van der Waals surface area contributed by atoms with Gasteiger partial charge in [0.05, 0.1) is 0 Å². The van der Waals surface area contributed by atoms with E-state index >= 15 is 0 Å². The second-order valence-electron chi connectivity index (χ2n) is 6.15. The molecular weight excluding hydrogens is 292 g/mol. The first kappa shape index (κ1) is 15.5. The van der Waals surface area contributed by atoms with E-state index in [4.69, 9.17) is 11.6 Å². The average molecular weight is 315 g/mol. The molecule has 22 heavy (non-hydrogen) atoms. The second kappa shape index (κ2) is 7.28. The highest BCUT2D eigenvalue weighted by molar-refractivity contribution is 6.31. The molecule has 0 unspecified atom stereocenters. The van der Waals surface area contributed by atoms with E-state index in [-0.39, 0.29) is 0 Å². The van der Waals surface area contributed by atoms with Crippen molar-refractivity contribution in [3.05, 3.63) is 70.7 Å². The van der Waals surface area contributed by atoms with E-state index in [9.17, 15) is 0 Å². The van der Waals surface area contributed by atoms with Gasteiger partial charge in [-0.2, -0.15) is 0 Å². The van der Waals surface area contributed by atoms with Gasteiger partial charge in [0.1, 0.15) is 0 Å². The quantitative estimate of drug-likeness (QED) is 0.920. The van der Waals surface area contributed by atoms with Crippen LogP contribution >= 0.6 is 11.6 Å². The second-order valence-corrected chi connectivity index (χ2v) is 6.55. The Hall–Kier alpha value is -1.35. The summed E-state index contributed by atoms with van der Waals surface area (Å²) in [4.78, 5) is 2.42. The Morgan fingerprint density at radius 1 is 1.09 bits per heavy atom. The molecule has 1 aliphatic rings. The molecule has 0 aliphatic carbocycles. The van der Waals surface area contributed by atoms with Gasteiger partial charge in [-0.05, 0) is 37.2 Å². The van der Waals surface area contributed by atoms with E-state index < -0.39 is 0 Å². The number of likely N-dealkylation sites (N-methyl/N-ethyl adjacent to an activating group) is 1. The first-order valence-corrected chi connectivity index (χ1v) is 8.32. The van der Waals surface area contributed by atoms with Gasteiger partial charge in [0, 0.05) is 30.1 Å². The molecule has 1 heterocycles. The topological polar surface area (TPSA) is 15.3 Å². The Balaban J connectivity index is 1.72. The number of nitrogens with zero attached hydrogens (tertiary/aromatic N) is 1. The number of nitrogens with one attached hydrogen (secondary N) is 1. The fraction of sp³-hybridized carbons (Fsp3) is 0.368. The normalized spacial score (nSPS) is 22.6. The number of rotatable bonds is 4. The third kappa shape index (κ3) is 3.70. The predicted octanol–water partition coefficient (Wildman–Crippen LogP) is 3.92. The molecule has 2 aromatic rings. The minimum atomic E-state index is 0.495. The molecule has 3 heteroatoms. The fourth-order valence-corrected chi connectivity index (χ4v) is 3.48. The molecule has 1 aliphatic heterocycles. The van der Waals surface area contributed by atoms with Gasteiger partial charge < -0.3 is 10.2 Å². The van der Waals surface area contributed by atoms with Crippen LogP contribution in [0.2, 0.25) is 5.02 Å². The Kier molecular flexibility index (Phi) is 5.14. The molecule has 1 fully saturated rings. The molecule has 1 N–H and O–H groups in total. The number of likely N-dealkylation sites (tertiary alicyclic amines) is 1. The first-order chi connectivity index (χ1) is 10.7. The van der Waals surface area contributed by atoms with E-state index in [0.717, 1.165) is 24.7 Å². The van der Waals surface area contributed by atoms with Gasteiger partial charge in [0.2, 0.25) is 0 Å². The molecule has 0 bridgehead atoms. The minimum Gasteiger partial charge on any atom is -0.309 e. The summed E-state index contributed by atoms with van der Waals surface area (Å²) in [5, 5.41) is 4.58. The Morgan fingerprint density at radius 3 is 2.59 bits per heavy atom. The average Bonchev–Trinajstić information content (AvgIpc) is 2.56. The van der Waals surface area contributed by atoms with E-state index in [2.05, 4.69) is 53.7 Å². The van der Waals surface area contributed by atoms with Crippen molar-refractivity contribution < 1.29 is 0 Å². The number of hydrogen-bond acceptors (Lipinski definition) is 2. The van der Waals surface area contributed by atoms with Gasteiger partial charge in [-0.15, -0.1) is 0 Å². The van der Waals surface area contributed by atoms with Gasteiger partial charge >= 0.3 is 0 Å². The Labute approximate surface area is 138 Å². The van der Waals surface area contributed by atoms with Crippen molar-refractivity contribution in [2.75, 3.05) is 20.1 Å². The van der Waals surface area contributed by atoms with Crippen LogP contribution in [0.3, 0.4) is 0 Å². The molecule has 2 nitrogen and oxygen atoms in total. The molecule has 0 spiro atoms. The van der Waals surface area contributed by atoms with Crippen LogP contribution in [0, 0.1) is 0 Å². The van der Waals surface area contributed by atoms with E-state index in [1.165, 1.54) is 17.5 Å². The molecule has 0 amide bonds. The summed E-state index contributed by atoms with van der Waals surface area (Å²) in [6.07, 6.45) is 1.17. The lowest BCUT2D eigenvalue weighted by atomic mass is 9.86. The molecule has 1 saturated heterocycles. The highest BCUT2D eigenvalue weighted by Gasteiger charge is 2.28. The number of halogens is 1. The highest BCUT2D eigenvalue weighted by atomic mass is 35.5. The minimum absolute atomic E-state index is 0.495. The largest absolute Gasteiger partial charge is 0.309 e. The lowest BCUT2D eigenvalue weighted by molar-refractivity contribution is 0.205. The highest BCUT2D eigenvalue weighted by Crippen LogP contribution is 2.27. The maximum Gasteiger partial charge on any atom is 0.0450 e. The van der Waals surface area contributed by atoms with Gasteiger partial charge in [-0.1, -0.05) is 60.1 Å². The molecule has 2 atom stereocenters. The van der Waals surface area contributed by atoms with Crippen LogP contribution < -0.4 is 5.32 Å². The summed E-state index contributed by atoms with van der Waals surface area (Å²) in [6.45, 7) is 3.07. The number of hydrogen-bond donors (Lipinski definition) is 1. The van der Waals surface area contributed by atoms with Crippen LogP contribution in [-0.4, -0.2) is 31.1 Å². The van der Waals surface area contributed by atoms with Crippen LogP contribution in [0.25, 0.3) is 0 Å². The maximum atomic E-state index is 6.27. The maximum absolute atomic E-state index is 6.27. The van der Waals surface area contributed by atoms with Crippen molar-refractivity contribution in [2.45, 2.75) is 24.9 Å². The first-order valence-electron chi connectivity index (χ1n) is 7.94. The Morgan fingerprint density at radius 2 is 1.82 bits per heavy atom. The summed E-state index contributed by atoms with van der Waals surface area (Å²) in [5.74, 6) is 0.530. The molecule has 2 aromatic carbocycles. The molecule has 3 rings (SSSR count). The van der Waals surface area contributed by atoms with Crippen molar-refractivity contribution in [3.8, 4) is 0 Å². The molecular formula is C19H23ClN2. The zero-order valence-corrected chi connectivity index (χ0v) is 13.8. The van der Waals surface area contributed by atoms with Crippen LogP contribution in [0.5, 0.6) is 0 Å². The van der Waals surface area contributed by atoms with Gasteiger partial charge in [-0.3, -0.25) is 0 Å². The third-order valence-corrected chi connectivity index (χ3v) is 4.92. The van der Waals surface area contributed by atoms with Crippen molar-refractivity contribution in [2.24, 2.45) is 0 Å². The summed E-state index contributed by atoms with van der Waals surface area (Å²) < 4.78 is 0. The zero-order valence-electron chi connectivity index (χ0n) is 13.0. The lowest BCUT2D eigenvalue weighted by Crippen LogP contribution is -2.46. The summed E-state index contributed by atoms with van der Waals surface area (Å²) >= 11 is 6.27. The van der Waals surface area contributed by atoms with Crippen molar-refractivity contribution >= 4 is 11.6 Å². The van der Waals surface area contributed by atoms with Crippen LogP contribution in [-0.2, 0) is 6.54 Å². The summed E-state index contributed by atoms with van der Waals surface area (Å²) in [5.41, 5.74) is 2.60. The standard InChI is InChI=1S/C19H23ClN2/c1-22-12-11-19(17(14-22)15-7-3-2-4-8-15)21-13-16-9-5-6-10-18(16)20/h2-10,17,19,21H,11-14H2,1H3/t17-,19+/m0/s1. The van der Waals surface area contributed by atoms with E-state index in [0.29, 0.717) is 12.0 Å². The molecule has 0 aromatic heterocycles. The van der Waals surface area contributed by atoms with Crippen LogP contribution in [0.1, 0.15) is 23.5 Å². The van der Waals surface area contributed by atoms with Gasteiger partial charge in [0.15, 0.2) is 0 Å². The number of benzene rings is 2. The zero-order chi connectivity index (χ0) is 15.4. The third-order valence-electron chi connectivity index (χ3n) is 4.56. The fourth-order valence-electron chi connectivity index (χ4n) is 3.28. The smallest absolute Gasteiger partial charge is 0.0450 e. The molecule has 0 saturated carbocycles.